The fourth-order valence-corrected chi connectivity index (χ4v) is 8.40. The molecule has 39 heavy (non-hydrogen) atoms. The molecule has 6 rings (SSSR count). The highest BCUT2D eigenvalue weighted by Gasteiger charge is 2.47. The zero-order valence-corrected chi connectivity index (χ0v) is 23.5. The van der Waals surface area contributed by atoms with E-state index >= 15 is 0 Å². The van der Waals surface area contributed by atoms with E-state index in [-0.39, 0.29) is 36.1 Å². The van der Waals surface area contributed by atoms with Crippen LogP contribution in [0.3, 0.4) is 0 Å². The van der Waals surface area contributed by atoms with Crippen molar-refractivity contribution in [1.82, 2.24) is 24.3 Å². The number of ether oxygens (including phenoxy) is 1. The number of aryl methyl sites for hydroxylation is 1. The summed E-state index contributed by atoms with van der Waals surface area (Å²) in [7, 11) is -2.29. The molecule has 2 atom stereocenters. The summed E-state index contributed by atoms with van der Waals surface area (Å²) < 4.78 is 36.8. The summed E-state index contributed by atoms with van der Waals surface area (Å²) >= 11 is 1.74. The number of nitrogens with one attached hydrogen (secondary N) is 1. The summed E-state index contributed by atoms with van der Waals surface area (Å²) in [5.41, 5.74) is 1.12. The van der Waals surface area contributed by atoms with Crippen LogP contribution in [0.1, 0.15) is 30.6 Å². The Labute approximate surface area is 232 Å². The third-order valence-corrected chi connectivity index (χ3v) is 10.9. The number of hydrogen-bond acceptors (Lipinski definition) is 8. The molecule has 0 radical (unpaired) electrons. The monoisotopic (exact) mass is 571 g/mol. The van der Waals surface area contributed by atoms with E-state index in [1.54, 1.807) is 34.3 Å². The number of fused-ring (bicyclic) bond motifs is 2. The maximum Gasteiger partial charge on any atom is 0.247 e. The third-order valence-electron chi connectivity index (χ3n) is 8.10. The molecule has 1 aromatic carbocycles. The number of benzene rings is 1. The molecule has 2 fully saturated rings. The highest BCUT2D eigenvalue weighted by Crippen LogP contribution is 2.37. The molecule has 1 spiro atoms. The number of aliphatic hydroxyl groups is 1. The normalized spacial score (nSPS) is 25.3. The SMILES string of the molecule is Cn1cc(-c2ccc3c(c2)OCCC2(CCN(Cc4cccs4)CC2)NC(=O)[C@@H]2C[C@@H](O)CN2S3(=O)=O)cn1. The fourth-order valence-electron chi connectivity index (χ4n) is 5.90. The smallest absolute Gasteiger partial charge is 0.247 e. The van der Waals surface area contributed by atoms with Crippen molar-refractivity contribution < 1.29 is 23.1 Å². The number of piperidine rings is 1. The summed E-state index contributed by atoms with van der Waals surface area (Å²) in [6, 6.07) is 8.20. The van der Waals surface area contributed by atoms with Gasteiger partial charge in [0, 0.05) is 68.2 Å². The van der Waals surface area contributed by atoms with E-state index in [0.29, 0.717) is 6.42 Å². The van der Waals surface area contributed by atoms with Gasteiger partial charge in [-0.25, -0.2) is 8.42 Å². The predicted octanol–water partition coefficient (Wildman–Crippen LogP) is 2.21. The van der Waals surface area contributed by atoms with Gasteiger partial charge in [0.2, 0.25) is 15.9 Å². The van der Waals surface area contributed by atoms with Crippen LogP contribution >= 0.6 is 11.3 Å². The Balaban J connectivity index is 1.32. The molecule has 1 amide bonds. The lowest BCUT2D eigenvalue weighted by atomic mass is 9.84. The van der Waals surface area contributed by atoms with Crippen molar-refractivity contribution in [3.63, 3.8) is 0 Å². The Kier molecular flexibility index (Phi) is 7.00. The Hall–Kier alpha value is -2.77. The molecule has 0 aliphatic carbocycles. The maximum absolute atomic E-state index is 13.9. The zero-order valence-electron chi connectivity index (χ0n) is 21.8. The summed E-state index contributed by atoms with van der Waals surface area (Å²) in [6.45, 7) is 2.64. The molecule has 5 heterocycles. The lowest BCUT2D eigenvalue weighted by Crippen LogP contribution is -2.59. The summed E-state index contributed by atoms with van der Waals surface area (Å²) in [5, 5.41) is 20.0. The molecule has 10 nitrogen and oxygen atoms in total. The second kappa shape index (κ2) is 10.3. The Morgan fingerprint density at radius 2 is 2.03 bits per heavy atom. The van der Waals surface area contributed by atoms with Crippen molar-refractivity contribution in [3.05, 3.63) is 53.0 Å². The molecule has 3 aliphatic rings. The van der Waals surface area contributed by atoms with Gasteiger partial charge in [0.15, 0.2) is 0 Å². The van der Waals surface area contributed by atoms with Gasteiger partial charge in [-0.15, -0.1) is 11.3 Å². The van der Waals surface area contributed by atoms with Gasteiger partial charge in [-0.2, -0.15) is 9.40 Å². The molecule has 0 bridgehead atoms. The van der Waals surface area contributed by atoms with Crippen molar-refractivity contribution in [1.29, 1.82) is 0 Å². The number of carbonyl (C=O) groups excluding carboxylic acids is 1. The minimum Gasteiger partial charge on any atom is -0.492 e. The van der Waals surface area contributed by atoms with Crippen LogP contribution in [-0.2, 0) is 28.4 Å². The number of aromatic nitrogens is 2. The molecular formula is C27H33N5O5S2. The Morgan fingerprint density at radius 1 is 1.21 bits per heavy atom. The third kappa shape index (κ3) is 5.23. The minimum atomic E-state index is -4.12. The highest BCUT2D eigenvalue weighted by atomic mass is 32.2. The van der Waals surface area contributed by atoms with Gasteiger partial charge in [0.1, 0.15) is 16.7 Å². The van der Waals surface area contributed by atoms with Crippen molar-refractivity contribution in [2.24, 2.45) is 7.05 Å². The van der Waals surface area contributed by atoms with Gasteiger partial charge < -0.3 is 15.2 Å². The number of nitrogens with zero attached hydrogens (tertiary/aromatic N) is 4. The molecule has 208 valence electrons. The summed E-state index contributed by atoms with van der Waals surface area (Å²) in [6.07, 6.45) is 4.75. The average molecular weight is 572 g/mol. The van der Waals surface area contributed by atoms with E-state index in [2.05, 4.69) is 32.8 Å². The number of likely N-dealkylation sites (tertiary alicyclic amines) is 1. The van der Waals surface area contributed by atoms with Crippen LogP contribution < -0.4 is 10.1 Å². The topological polar surface area (TPSA) is 117 Å². The molecule has 2 saturated heterocycles. The summed E-state index contributed by atoms with van der Waals surface area (Å²) in [5.74, 6) is -0.103. The van der Waals surface area contributed by atoms with Crippen LogP contribution in [-0.4, -0.2) is 82.3 Å². The van der Waals surface area contributed by atoms with Crippen LogP contribution in [0.15, 0.2) is 53.0 Å². The average Bonchev–Trinajstić information content (AvgIpc) is 3.67. The lowest BCUT2D eigenvalue weighted by Gasteiger charge is -2.43. The standard InChI is InChI=1S/C27H33N5O5S2/c1-30-16-20(15-28-30)19-4-5-25-24(13-19)37-11-8-27(6-9-31(10-7-27)18-22-3-2-12-38-22)29-26(34)23-14-21(33)17-32(23)39(25,35)36/h2-5,12-13,15-16,21,23,33H,6-11,14,17-18H2,1H3,(H,29,34)/t21-,23+/m1/s1. The van der Waals surface area contributed by atoms with Crippen LogP contribution in [0.5, 0.6) is 5.75 Å². The summed E-state index contributed by atoms with van der Waals surface area (Å²) in [4.78, 5) is 17.3. The molecular weight excluding hydrogens is 538 g/mol. The fraction of sp³-hybridized carbons (Fsp3) is 0.481. The first kappa shape index (κ1) is 26.5. The van der Waals surface area contributed by atoms with Crippen LogP contribution in [0.25, 0.3) is 11.1 Å². The van der Waals surface area contributed by atoms with Gasteiger partial charge in [0.25, 0.3) is 0 Å². The molecule has 0 saturated carbocycles. The molecule has 3 aliphatic heterocycles. The van der Waals surface area contributed by atoms with Crippen molar-refractivity contribution >= 4 is 27.3 Å². The van der Waals surface area contributed by atoms with Gasteiger partial charge in [0.05, 0.1) is 18.9 Å². The Morgan fingerprint density at radius 3 is 2.74 bits per heavy atom. The predicted molar refractivity (Wildman–Crippen MR) is 147 cm³/mol. The van der Waals surface area contributed by atoms with Crippen molar-refractivity contribution in [3.8, 4) is 16.9 Å². The quantitative estimate of drug-likeness (QED) is 0.495. The lowest BCUT2D eigenvalue weighted by molar-refractivity contribution is -0.127. The van der Waals surface area contributed by atoms with E-state index in [0.717, 1.165) is 47.9 Å². The van der Waals surface area contributed by atoms with E-state index in [4.69, 9.17) is 4.74 Å². The largest absolute Gasteiger partial charge is 0.492 e. The first-order valence-electron chi connectivity index (χ1n) is 13.3. The van der Waals surface area contributed by atoms with Crippen molar-refractivity contribution in [2.75, 3.05) is 26.2 Å². The number of carbonyl (C=O) groups is 1. The first-order valence-corrected chi connectivity index (χ1v) is 15.6. The molecule has 2 N–H and O–H groups in total. The minimum absolute atomic E-state index is 0.00348. The van der Waals surface area contributed by atoms with Crippen LogP contribution in [0.2, 0.25) is 0 Å². The number of hydrogen-bond donors (Lipinski definition) is 2. The van der Waals surface area contributed by atoms with Crippen LogP contribution in [0.4, 0.5) is 0 Å². The number of sulfonamides is 1. The Bertz CT molecular complexity index is 1450. The van der Waals surface area contributed by atoms with E-state index in [9.17, 15) is 18.3 Å². The molecule has 0 unspecified atom stereocenters. The second-order valence-corrected chi connectivity index (χ2v) is 13.7. The highest BCUT2D eigenvalue weighted by molar-refractivity contribution is 7.89. The van der Waals surface area contributed by atoms with Gasteiger partial charge >= 0.3 is 0 Å². The van der Waals surface area contributed by atoms with E-state index < -0.39 is 27.7 Å². The van der Waals surface area contributed by atoms with Gasteiger partial charge in [-0.05, 0) is 42.0 Å². The number of thiophene rings is 1. The number of amides is 1. The second-order valence-electron chi connectivity index (χ2n) is 10.8. The van der Waals surface area contributed by atoms with Crippen LogP contribution in [0, 0.1) is 0 Å². The van der Waals surface area contributed by atoms with E-state index in [1.165, 1.54) is 10.9 Å². The van der Waals surface area contributed by atoms with Gasteiger partial charge in [-0.1, -0.05) is 12.1 Å². The van der Waals surface area contributed by atoms with Gasteiger partial charge in [-0.3, -0.25) is 14.4 Å². The molecule has 12 heteroatoms. The zero-order chi connectivity index (χ0) is 27.2. The molecule has 3 aromatic rings. The first-order chi connectivity index (χ1) is 18.7. The molecule has 2 aromatic heterocycles. The van der Waals surface area contributed by atoms with E-state index in [1.807, 2.05) is 13.2 Å². The van der Waals surface area contributed by atoms with Crippen molar-refractivity contribution in [2.45, 2.75) is 54.8 Å². The number of aliphatic hydroxyl groups excluding tert-OH is 1. The number of rotatable bonds is 3. The maximum atomic E-state index is 13.9.